The van der Waals surface area contributed by atoms with Gasteiger partial charge in [0.15, 0.2) is 0 Å². The lowest BCUT2D eigenvalue weighted by atomic mass is 10.1. The molecule has 1 rings (SSSR count). The largest absolute Gasteiger partial charge is 0.396 e. The Morgan fingerprint density at radius 2 is 1.94 bits per heavy atom. The Balaban J connectivity index is 2.76. The van der Waals surface area contributed by atoms with Gasteiger partial charge in [-0.1, -0.05) is 6.07 Å². The van der Waals surface area contributed by atoms with E-state index in [9.17, 15) is 8.78 Å². The maximum Gasteiger partial charge on any atom is 0.130 e. The van der Waals surface area contributed by atoms with Crippen molar-refractivity contribution in [3.05, 3.63) is 35.4 Å². The van der Waals surface area contributed by atoms with Gasteiger partial charge in [-0.15, -0.1) is 0 Å². The second-order valence-electron chi connectivity index (χ2n) is 4.19. The molecule has 1 aromatic carbocycles. The van der Waals surface area contributed by atoms with Crippen LogP contribution in [0.15, 0.2) is 18.2 Å². The van der Waals surface area contributed by atoms with Crippen LogP contribution in [0.4, 0.5) is 8.78 Å². The monoisotopic (exact) mass is 259 g/mol. The molecule has 0 radical (unpaired) electrons. The maximum absolute atomic E-state index is 13.6. The summed E-state index contributed by atoms with van der Waals surface area (Å²) in [7, 11) is 1.54. The van der Waals surface area contributed by atoms with Gasteiger partial charge in [0.05, 0.1) is 6.61 Å². The molecule has 18 heavy (non-hydrogen) atoms. The van der Waals surface area contributed by atoms with E-state index in [-0.39, 0.29) is 18.2 Å². The number of halogens is 2. The van der Waals surface area contributed by atoms with Crippen molar-refractivity contribution in [3.8, 4) is 0 Å². The van der Waals surface area contributed by atoms with Gasteiger partial charge in [0.1, 0.15) is 11.6 Å². The SMILES string of the molecule is COCC(CCO)NC(C)c1c(F)cccc1F. The molecule has 0 saturated heterocycles. The molecular weight excluding hydrogens is 240 g/mol. The molecule has 5 heteroatoms. The van der Waals surface area contributed by atoms with Gasteiger partial charge in [0.2, 0.25) is 0 Å². The molecule has 3 nitrogen and oxygen atoms in total. The third-order valence-electron chi connectivity index (χ3n) is 2.76. The number of aliphatic hydroxyl groups is 1. The number of hydrogen-bond acceptors (Lipinski definition) is 3. The lowest BCUT2D eigenvalue weighted by Crippen LogP contribution is -2.36. The average Bonchev–Trinajstić information content (AvgIpc) is 2.29. The van der Waals surface area contributed by atoms with E-state index in [1.54, 1.807) is 14.0 Å². The molecule has 0 heterocycles. The predicted octanol–water partition coefficient (Wildman–Crippen LogP) is 2.01. The Labute approximate surface area is 106 Å². The van der Waals surface area contributed by atoms with Crippen LogP contribution in [0.5, 0.6) is 0 Å². The molecule has 0 fully saturated rings. The smallest absolute Gasteiger partial charge is 0.130 e. The number of hydrogen-bond donors (Lipinski definition) is 2. The molecule has 0 bridgehead atoms. The van der Waals surface area contributed by atoms with E-state index < -0.39 is 17.7 Å². The van der Waals surface area contributed by atoms with Crippen molar-refractivity contribution in [2.75, 3.05) is 20.3 Å². The van der Waals surface area contributed by atoms with Crippen molar-refractivity contribution in [1.82, 2.24) is 5.32 Å². The van der Waals surface area contributed by atoms with Gasteiger partial charge < -0.3 is 15.2 Å². The van der Waals surface area contributed by atoms with Gasteiger partial charge >= 0.3 is 0 Å². The molecule has 2 atom stereocenters. The minimum Gasteiger partial charge on any atom is -0.396 e. The van der Waals surface area contributed by atoms with Crippen molar-refractivity contribution >= 4 is 0 Å². The highest BCUT2D eigenvalue weighted by Gasteiger charge is 2.19. The Hall–Kier alpha value is -1.04. The zero-order chi connectivity index (χ0) is 13.5. The minimum atomic E-state index is -0.574. The maximum atomic E-state index is 13.6. The molecule has 0 aromatic heterocycles. The van der Waals surface area contributed by atoms with Gasteiger partial charge in [0.25, 0.3) is 0 Å². The van der Waals surface area contributed by atoms with E-state index in [4.69, 9.17) is 9.84 Å². The fraction of sp³-hybridized carbons (Fsp3) is 0.538. The Morgan fingerprint density at radius 1 is 1.33 bits per heavy atom. The summed E-state index contributed by atoms with van der Waals surface area (Å²) < 4.78 is 32.1. The first-order valence-electron chi connectivity index (χ1n) is 5.90. The quantitative estimate of drug-likeness (QED) is 0.787. The van der Waals surface area contributed by atoms with Gasteiger partial charge in [-0.2, -0.15) is 0 Å². The summed E-state index contributed by atoms with van der Waals surface area (Å²) in [6.07, 6.45) is 0.467. The molecular formula is C13H19F2NO2. The van der Waals surface area contributed by atoms with Crippen LogP contribution < -0.4 is 5.32 Å². The predicted molar refractivity (Wildman–Crippen MR) is 65.3 cm³/mol. The van der Waals surface area contributed by atoms with E-state index in [1.165, 1.54) is 18.2 Å². The molecule has 2 N–H and O–H groups in total. The summed E-state index contributed by atoms with van der Waals surface area (Å²) in [5.41, 5.74) is 0.0107. The third kappa shape index (κ3) is 4.01. The van der Waals surface area contributed by atoms with Crippen LogP contribution in [-0.4, -0.2) is 31.5 Å². The molecule has 102 valence electrons. The molecule has 0 aliphatic rings. The van der Waals surface area contributed by atoms with E-state index in [0.717, 1.165) is 0 Å². The molecule has 0 amide bonds. The van der Waals surface area contributed by atoms with Crippen LogP contribution >= 0.6 is 0 Å². The van der Waals surface area contributed by atoms with E-state index in [1.807, 2.05) is 0 Å². The molecule has 0 aliphatic heterocycles. The normalized spacial score (nSPS) is 14.5. The zero-order valence-corrected chi connectivity index (χ0v) is 10.6. The summed E-state index contributed by atoms with van der Waals surface area (Å²) >= 11 is 0. The highest BCUT2D eigenvalue weighted by Crippen LogP contribution is 2.21. The summed E-state index contributed by atoms with van der Waals surface area (Å²) in [6, 6.07) is 3.16. The molecule has 0 spiro atoms. The lowest BCUT2D eigenvalue weighted by Gasteiger charge is -2.23. The number of methoxy groups -OCH3 is 1. The molecule has 2 unspecified atom stereocenters. The van der Waals surface area contributed by atoms with Gasteiger partial charge in [0, 0.05) is 31.4 Å². The second-order valence-corrected chi connectivity index (χ2v) is 4.19. The van der Waals surface area contributed by atoms with Crippen molar-refractivity contribution in [1.29, 1.82) is 0 Å². The van der Waals surface area contributed by atoms with Crippen LogP contribution in [0, 0.1) is 11.6 Å². The zero-order valence-electron chi connectivity index (χ0n) is 10.6. The van der Waals surface area contributed by atoms with Gasteiger partial charge in [-0.05, 0) is 25.5 Å². The third-order valence-corrected chi connectivity index (χ3v) is 2.76. The number of rotatable bonds is 7. The van der Waals surface area contributed by atoms with E-state index in [0.29, 0.717) is 13.0 Å². The van der Waals surface area contributed by atoms with Crippen LogP contribution in [0.3, 0.4) is 0 Å². The van der Waals surface area contributed by atoms with Crippen LogP contribution in [0.25, 0.3) is 0 Å². The first kappa shape index (κ1) is 15.0. The standard InChI is InChI=1S/C13H19F2NO2/c1-9(16-10(6-7-17)8-18-2)13-11(14)4-3-5-12(13)15/h3-5,9-10,16-17H,6-8H2,1-2H3. The Bertz CT molecular complexity index is 348. The Kier molecular flexibility index (Phi) is 6.18. The van der Waals surface area contributed by atoms with E-state index >= 15 is 0 Å². The summed E-state index contributed by atoms with van der Waals surface area (Å²) in [6.45, 7) is 2.05. The number of nitrogens with one attached hydrogen (secondary N) is 1. The first-order valence-corrected chi connectivity index (χ1v) is 5.90. The topological polar surface area (TPSA) is 41.5 Å². The van der Waals surface area contributed by atoms with Crippen molar-refractivity contribution in [2.24, 2.45) is 0 Å². The summed E-state index contributed by atoms with van der Waals surface area (Å²) in [5.74, 6) is -1.15. The first-order chi connectivity index (χ1) is 8.60. The number of aliphatic hydroxyl groups excluding tert-OH is 1. The van der Waals surface area contributed by atoms with Gasteiger partial charge in [-0.3, -0.25) is 0 Å². The lowest BCUT2D eigenvalue weighted by molar-refractivity contribution is 0.143. The molecule has 0 saturated carbocycles. The highest BCUT2D eigenvalue weighted by molar-refractivity contribution is 5.22. The number of ether oxygens (including phenoxy) is 1. The fourth-order valence-electron chi connectivity index (χ4n) is 1.93. The van der Waals surface area contributed by atoms with E-state index in [2.05, 4.69) is 5.32 Å². The van der Waals surface area contributed by atoms with Crippen molar-refractivity contribution in [2.45, 2.75) is 25.4 Å². The van der Waals surface area contributed by atoms with Gasteiger partial charge in [-0.25, -0.2) is 8.78 Å². The van der Waals surface area contributed by atoms with Crippen molar-refractivity contribution in [3.63, 3.8) is 0 Å². The molecule has 1 aromatic rings. The number of benzene rings is 1. The average molecular weight is 259 g/mol. The minimum absolute atomic E-state index is 0.00645. The van der Waals surface area contributed by atoms with Crippen LogP contribution in [-0.2, 0) is 4.74 Å². The summed E-state index contributed by atoms with van der Waals surface area (Å²) in [5, 5.41) is 12.0. The molecule has 0 aliphatic carbocycles. The van der Waals surface area contributed by atoms with Crippen molar-refractivity contribution < 1.29 is 18.6 Å². The Morgan fingerprint density at radius 3 is 2.44 bits per heavy atom. The fourth-order valence-corrected chi connectivity index (χ4v) is 1.93. The summed E-state index contributed by atoms with van der Waals surface area (Å²) in [4.78, 5) is 0. The second kappa shape index (κ2) is 7.41. The van der Waals surface area contributed by atoms with Crippen LogP contribution in [0.1, 0.15) is 24.9 Å². The highest BCUT2D eigenvalue weighted by atomic mass is 19.1. The van der Waals surface area contributed by atoms with Crippen LogP contribution in [0.2, 0.25) is 0 Å².